The third-order valence-corrected chi connectivity index (χ3v) is 4.67. The molecule has 122 valence electrons. The molecule has 23 heavy (non-hydrogen) atoms. The van der Waals surface area contributed by atoms with Gasteiger partial charge in [-0.05, 0) is 24.3 Å². The van der Waals surface area contributed by atoms with Crippen LogP contribution in [-0.4, -0.2) is 36.8 Å². The molecule has 1 heterocycles. The van der Waals surface area contributed by atoms with Crippen molar-refractivity contribution in [3.8, 4) is 0 Å². The van der Waals surface area contributed by atoms with Crippen molar-refractivity contribution in [1.82, 2.24) is 15.4 Å². The van der Waals surface area contributed by atoms with Gasteiger partial charge >= 0.3 is 0 Å². The number of aromatic amines is 1. The summed E-state index contributed by atoms with van der Waals surface area (Å²) in [7, 11) is -8.73. The number of benzene rings is 2. The van der Waals surface area contributed by atoms with Gasteiger partial charge in [-0.2, -0.15) is 23.8 Å². The molecule has 0 saturated carbocycles. The number of para-hydroxylation sites is 2. The number of hydrogen-bond acceptors (Lipinski definition) is 6. The first-order valence-corrected chi connectivity index (χ1v) is 9.03. The third kappa shape index (κ3) is 4.32. The highest BCUT2D eigenvalue weighted by Crippen LogP contribution is 2.18. The topological polar surface area (TPSA) is 156 Å². The lowest BCUT2D eigenvalue weighted by atomic mass is 10.3. The average molecular weight is 356 g/mol. The lowest BCUT2D eigenvalue weighted by Crippen LogP contribution is -2.16. The smallest absolute Gasteiger partial charge is 0.282 e. The maximum Gasteiger partial charge on any atom is 0.295 e. The van der Waals surface area contributed by atoms with Crippen LogP contribution in [0.25, 0.3) is 11.0 Å². The Balaban J connectivity index is 0.000000182. The molecule has 2 aromatic carbocycles. The van der Waals surface area contributed by atoms with Gasteiger partial charge in [0.05, 0.1) is 0 Å². The molecular weight excluding hydrogens is 344 g/mol. The SMILES string of the molecule is NS(=O)(=O)c1ccccc1S(=O)(=O)O.c1ccc2n[nH]nc2c1. The number of nitrogens with one attached hydrogen (secondary N) is 1. The van der Waals surface area contributed by atoms with Crippen molar-refractivity contribution in [2.45, 2.75) is 9.79 Å². The van der Waals surface area contributed by atoms with E-state index in [1.807, 2.05) is 24.3 Å². The van der Waals surface area contributed by atoms with Gasteiger partial charge in [-0.3, -0.25) is 4.55 Å². The molecule has 1 aromatic heterocycles. The second-order valence-corrected chi connectivity index (χ2v) is 7.20. The molecule has 0 aliphatic heterocycles. The fourth-order valence-corrected chi connectivity index (χ4v) is 3.54. The second kappa shape index (κ2) is 6.42. The number of nitrogens with zero attached hydrogens (tertiary/aromatic N) is 2. The van der Waals surface area contributed by atoms with E-state index in [2.05, 4.69) is 15.4 Å². The normalized spacial score (nSPS) is 11.7. The van der Waals surface area contributed by atoms with Crippen molar-refractivity contribution in [1.29, 1.82) is 0 Å². The predicted octanol–water partition coefficient (Wildman–Crippen LogP) is 0.539. The molecule has 0 fully saturated rings. The largest absolute Gasteiger partial charge is 0.295 e. The van der Waals surface area contributed by atoms with E-state index in [4.69, 9.17) is 9.69 Å². The Bertz CT molecular complexity index is 947. The Morgan fingerprint density at radius 3 is 1.65 bits per heavy atom. The minimum Gasteiger partial charge on any atom is -0.282 e. The van der Waals surface area contributed by atoms with Gasteiger partial charge in [-0.15, -0.1) is 0 Å². The zero-order valence-electron chi connectivity index (χ0n) is 11.5. The van der Waals surface area contributed by atoms with Crippen LogP contribution < -0.4 is 5.14 Å². The zero-order valence-corrected chi connectivity index (χ0v) is 13.1. The monoisotopic (exact) mass is 356 g/mol. The standard InChI is InChI=1S/C6H5N3.C6H7NO5S2/c1-2-4-6-5(3-1)7-9-8-6;7-13(8,9)5-3-1-2-4-6(5)14(10,11)12/h1-4H,(H,7,8,9);1-4H,(H2,7,8,9)(H,10,11,12). The molecule has 0 atom stereocenters. The minimum absolute atomic E-state index is 0.623. The van der Waals surface area contributed by atoms with E-state index in [9.17, 15) is 16.8 Å². The van der Waals surface area contributed by atoms with Crippen LogP contribution in [0.3, 0.4) is 0 Å². The minimum atomic E-state index is -4.58. The van der Waals surface area contributed by atoms with E-state index in [1.54, 1.807) is 0 Å². The lowest BCUT2D eigenvalue weighted by molar-refractivity contribution is 0.480. The van der Waals surface area contributed by atoms with Gasteiger partial charge in [0.2, 0.25) is 10.0 Å². The summed E-state index contributed by atoms with van der Waals surface area (Å²) in [6.45, 7) is 0. The van der Waals surface area contributed by atoms with Crippen LogP contribution in [0.5, 0.6) is 0 Å². The fourth-order valence-electron chi connectivity index (χ4n) is 1.68. The maximum atomic E-state index is 10.9. The van der Waals surface area contributed by atoms with Crippen LogP contribution in [0, 0.1) is 0 Å². The Morgan fingerprint density at radius 2 is 1.26 bits per heavy atom. The van der Waals surface area contributed by atoms with Crippen LogP contribution in [0.4, 0.5) is 0 Å². The highest BCUT2D eigenvalue weighted by molar-refractivity contribution is 7.91. The van der Waals surface area contributed by atoms with Crippen molar-refractivity contribution in [3.05, 3.63) is 48.5 Å². The molecule has 11 heteroatoms. The molecular formula is C12H12N4O5S2. The van der Waals surface area contributed by atoms with Gasteiger partial charge in [0.25, 0.3) is 10.1 Å². The second-order valence-electron chi connectivity index (χ2n) is 4.28. The fraction of sp³-hybridized carbons (Fsp3) is 0. The molecule has 0 unspecified atom stereocenters. The Labute approximate surface area is 131 Å². The van der Waals surface area contributed by atoms with E-state index < -0.39 is 29.9 Å². The number of nitrogens with two attached hydrogens (primary N) is 1. The Morgan fingerprint density at radius 1 is 0.826 bits per heavy atom. The van der Waals surface area contributed by atoms with Gasteiger partial charge in [-0.1, -0.05) is 24.3 Å². The summed E-state index contributed by atoms with van der Waals surface area (Å²) in [5, 5.41) is 15.1. The first-order chi connectivity index (χ1) is 10.7. The average Bonchev–Trinajstić information content (AvgIpc) is 2.94. The number of rotatable bonds is 2. The molecule has 0 spiro atoms. The third-order valence-electron chi connectivity index (χ3n) is 2.66. The zero-order chi connectivity index (χ0) is 17.1. The van der Waals surface area contributed by atoms with Crippen molar-refractivity contribution in [3.63, 3.8) is 0 Å². The van der Waals surface area contributed by atoms with Crippen molar-refractivity contribution in [2.75, 3.05) is 0 Å². The lowest BCUT2D eigenvalue weighted by Gasteiger charge is -2.03. The molecule has 4 N–H and O–H groups in total. The van der Waals surface area contributed by atoms with E-state index in [0.29, 0.717) is 0 Å². The maximum absolute atomic E-state index is 10.9. The quantitative estimate of drug-likeness (QED) is 0.565. The number of sulfonamides is 1. The van der Waals surface area contributed by atoms with Crippen molar-refractivity contribution >= 4 is 31.2 Å². The first kappa shape index (κ1) is 17.0. The highest BCUT2D eigenvalue weighted by Gasteiger charge is 2.21. The van der Waals surface area contributed by atoms with Gasteiger partial charge in [0, 0.05) is 0 Å². The number of fused-ring (bicyclic) bond motifs is 1. The van der Waals surface area contributed by atoms with E-state index in [-0.39, 0.29) is 0 Å². The summed E-state index contributed by atoms with van der Waals surface area (Å²) in [6, 6.07) is 12.2. The molecule has 0 aliphatic carbocycles. The summed E-state index contributed by atoms with van der Waals surface area (Å²) < 4.78 is 52.0. The van der Waals surface area contributed by atoms with E-state index in [0.717, 1.165) is 23.2 Å². The van der Waals surface area contributed by atoms with Crippen molar-refractivity contribution in [2.24, 2.45) is 5.14 Å². The van der Waals surface area contributed by atoms with Crippen LogP contribution in [0.15, 0.2) is 58.3 Å². The number of primary sulfonamides is 1. The van der Waals surface area contributed by atoms with Crippen LogP contribution in [-0.2, 0) is 20.1 Å². The van der Waals surface area contributed by atoms with Crippen LogP contribution in [0.1, 0.15) is 0 Å². The Hall–Kier alpha value is -2.34. The van der Waals surface area contributed by atoms with Gasteiger partial charge < -0.3 is 0 Å². The predicted molar refractivity (Wildman–Crippen MR) is 81.5 cm³/mol. The Kier molecular flexibility index (Phi) is 4.75. The van der Waals surface area contributed by atoms with Crippen LogP contribution in [0.2, 0.25) is 0 Å². The summed E-state index contributed by atoms with van der Waals surface area (Å²) in [4.78, 5) is -1.34. The summed E-state index contributed by atoms with van der Waals surface area (Å²) in [5.41, 5.74) is 1.83. The molecule has 0 bridgehead atoms. The van der Waals surface area contributed by atoms with Crippen LogP contribution >= 0.6 is 0 Å². The molecule has 0 aliphatic rings. The molecule has 0 amide bonds. The molecule has 0 saturated heterocycles. The van der Waals surface area contributed by atoms with E-state index in [1.165, 1.54) is 12.1 Å². The molecule has 3 rings (SSSR count). The summed E-state index contributed by atoms with van der Waals surface area (Å²) in [6.07, 6.45) is 0. The van der Waals surface area contributed by atoms with Gasteiger partial charge in [-0.25, -0.2) is 13.6 Å². The molecule has 9 nitrogen and oxygen atoms in total. The van der Waals surface area contributed by atoms with Crippen molar-refractivity contribution < 1.29 is 21.4 Å². The number of H-pyrrole nitrogens is 1. The van der Waals surface area contributed by atoms with Gasteiger partial charge in [0.1, 0.15) is 20.8 Å². The summed E-state index contributed by atoms with van der Waals surface area (Å²) >= 11 is 0. The van der Waals surface area contributed by atoms with E-state index >= 15 is 0 Å². The number of hydrogen-bond donors (Lipinski definition) is 3. The highest BCUT2D eigenvalue weighted by atomic mass is 32.2. The van der Waals surface area contributed by atoms with Gasteiger partial charge in [0.15, 0.2) is 0 Å². The first-order valence-electron chi connectivity index (χ1n) is 6.04. The number of aromatic nitrogens is 3. The molecule has 3 aromatic rings. The summed E-state index contributed by atoms with van der Waals surface area (Å²) in [5.74, 6) is 0. The molecule has 0 radical (unpaired) electrons.